The van der Waals surface area contributed by atoms with Crippen LogP contribution in [0.25, 0.3) is 0 Å². The molecule has 0 radical (unpaired) electrons. The van der Waals surface area contributed by atoms with Gasteiger partial charge in [0.05, 0.1) is 9.35 Å². The zero-order chi connectivity index (χ0) is 13.1. The van der Waals surface area contributed by atoms with Crippen molar-refractivity contribution in [1.29, 1.82) is 0 Å². The molecule has 0 aliphatic rings. The molecule has 0 aromatic rings. The van der Waals surface area contributed by atoms with Crippen molar-refractivity contribution in [3.05, 3.63) is 12.1 Å². The fraction of sp³-hybridized carbons (Fsp3) is 0.700. The Hall–Kier alpha value is -0.613. The first-order valence-electron chi connectivity index (χ1n) is 5.52. The van der Waals surface area contributed by atoms with Crippen LogP contribution in [0.15, 0.2) is 12.1 Å². The molecule has 0 aliphatic carbocycles. The Bertz CT molecular complexity index is 306. The van der Waals surface area contributed by atoms with Gasteiger partial charge >= 0.3 is 5.97 Å². The minimum Gasteiger partial charge on any atom is -0.478 e. The smallest absolute Gasteiger partial charge is 0.328 e. The molecule has 0 aromatic heterocycles. The van der Waals surface area contributed by atoms with Crippen molar-refractivity contribution in [2.24, 2.45) is 0 Å². The van der Waals surface area contributed by atoms with Gasteiger partial charge in [-0.05, 0) is 18.1 Å². The van der Waals surface area contributed by atoms with E-state index in [4.69, 9.17) is 12.3 Å². The third-order valence-electron chi connectivity index (χ3n) is 2.51. The maximum absolute atomic E-state index is 10.5. The second kappa shape index (κ2) is 4.75. The van der Waals surface area contributed by atoms with Gasteiger partial charge in [-0.2, -0.15) is 0 Å². The molecule has 0 unspecified atom stereocenters. The van der Waals surface area contributed by atoms with Gasteiger partial charge in [-0.1, -0.05) is 26.8 Å². The minimum atomic E-state index is -1.98. The van der Waals surface area contributed by atoms with Gasteiger partial charge in [-0.15, -0.1) is 0 Å². The van der Waals surface area contributed by atoms with Crippen LogP contribution in [0.5, 0.6) is 0 Å². The second-order valence-corrected chi connectivity index (χ2v) is 9.47. The van der Waals surface area contributed by atoms with E-state index >= 15 is 0 Å². The molecule has 0 atom stereocenters. The summed E-state index contributed by atoms with van der Waals surface area (Å²) in [7, 11) is -1.98. The summed E-state index contributed by atoms with van der Waals surface area (Å²) in [6, 6.07) is -0.976. The highest BCUT2D eigenvalue weighted by Crippen LogP contribution is 2.36. The van der Waals surface area contributed by atoms with Crippen molar-refractivity contribution in [1.82, 2.24) is 0 Å². The molecule has 14 heavy (non-hydrogen) atoms. The van der Waals surface area contributed by atoms with Gasteiger partial charge in [0.2, 0.25) is 0 Å². The highest BCUT2D eigenvalue weighted by atomic mass is 28.4. The Morgan fingerprint density at radius 1 is 1.57 bits per heavy atom. The number of aliphatic carboxylic acids is 1. The van der Waals surface area contributed by atoms with Crippen LogP contribution in [-0.2, 0) is 9.22 Å². The third-order valence-corrected chi connectivity index (χ3v) is 6.99. The molecule has 0 bridgehead atoms. The lowest BCUT2D eigenvalue weighted by molar-refractivity contribution is -0.131. The number of rotatable bonds is 4. The van der Waals surface area contributed by atoms with Crippen LogP contribution in [-0.4, -0.2) is 26.0 Å². The van der Waals surface area contributed by atoms with E-state index in [9.17, 15) is 4.79 Å². The molecular weight excluding hydrogens is 196 g/mol. The van der Waals surface area contributed by atoms with Crippen molar-refractivity contribution in [3.8, 4) is 0 Å². The number of carboxylic acid groups (broad SMARTS) is 1. The fourth-order valence-electron chi connectivity index (χ4n) is 0.545. The van der Waals surface area contributed by atoms with Crippen LogP contribution in [0.1, 0.15) is 23.5 Å². The van der Waals surface area contributed by atoms with Gasteiger partial charge in [0.25, 0.3) is 0 Å². The molecule has 0 aliphatic heterocycles. The molecular formula is C10H20O3Si. The molecule has 0 spiro atoms. The number of carbonyl (C=O) groups is 1. The number of carboxylic acids is 1. The highest BCUT2D eigenvalue weighted by molar-refractivity contribution is 6.74. The molecule has 0 saturated heterocycles. The van der Waals surface area contributed by atoms with E-state index in [0.717, 1.165) is 0 Å². The Balaban J connectivity index is 4.60. The molecule has 0 aromatic carbocycles. The molecule has 0 fully saturated rings. The zero-order valence-electron chi connectivity index (χ0n) is 11.5. The molecule has 0 amide bonds. The fourth-order valence-corrected chi connectivity index (χ4v) is 1.41. The normalized spacial score (nSPS) is 16.9. The molecule has 3 nitrogen and oxygen atoms in total. The standard InChI is InChI=1S/C10H20O3Si/c1-10(2,3)14(4,5)13-8-6-7-9(11)12/h6-7H,8H2,1-5H3,(H,11,12)/b7-6+/i6D,7D. The average Bonchev–Trinajstić information content (AvgIpc) is 2.11. The first kappa shape index (κ1) is 9.92. The summed E-state index contributed by atoms with van der Waals surface area (Å²) in [4.78, 5) is 10.5. The summed E-state index contributed by atoms with van der Waals surface area (Å²) in [5.74, 6) is -1.39. The Morgan fingerprint density at radius 3 is 2.43 bits per heavy atom. The van der Waals surface area contributed by atoms with Gasteiger partial charge in [-0.3, -0.25) is 0 Å². The van der Waals surface area contributed by atoms with E-state index in [1.807, 2.05) is 13.1 Å². The van der Waals surface area contributed by atoms with Crippen LogP contribution < -0.4 is 0 Å². The van der Waals surface area contributed by atoms with Gasteiger partial charge in [-0.25, -0.2) is 4.79 Å². The van der Waals surface area contributed by atoms with Crippen molar-refractivity contribution in [2.45, 2.75) is 38.9 Å². The van der Waals surface area contributed by atoms with Crippen molar-refractivity contribution in [2.75, 3.05) is 6.61 Å². The molecule has 0 saturated carbocycles. The summed E-state index contributed by atoms with van der Waals surface area (Å²) >= 11 is 0. The third kappa shape index (κ3) is 4.57. The summed E-state index contributed by atoms with van der Waals surface area (Å²) in [5, 5.41) is 8.54. The monoisotopic (exact) mass is 218 g/mol. The topological polar surface area (TPSA) is 46.5 Å². The predicted molar refractivity (Wildman–Crippen MR) is 59.9 cm³/mol. The lowest BCUT2D eigenvalue weighted by atomic mass is 10.2. The van der Waals surface area contributed by atoms with E-state index in [-0.39, 0.29) is 17.7 Å². The van der Waals surface area contributed by atoms with E-state index in [0.29, 0.717) is 0 Å². The maximum atomic E-state index is 10.5. The van der Waals surface area contributed by atoms with Crippen LogP contribution in [0, 0.1) is 0 Å². The van der Waals surface area contributed by atoms with Crippen molar-refractivity contribution < 1.29 is 17.1 Å². The van der Waals surface area contributed by atoms with E-state index in [1.165, 1.54) is 0 Å². The zero-order valence-corrected chi connectivity index (χ0v) is 10.5. The summed E-state index contributed by atoms with van der Waals surface area (Å²) < 4.78 is 20.2. The van der Waals surface area contributed by atoms with Crippen molar-refractivity contribution >= 4 is 14.3 Å². The lowest BCUT2D eigenvalue weighted by Crippen LogP contribution is -2.40. The molecule has 1 N–H and O–H groups in total. The van der Waals surface area contributed by atoms with E-state index in [1.54, 1.807) is 0 Å². The first-order chi connectivity index (χ1) is 6.99. The summed E-state index contributed by atoms with van der Waals surface area (Å²) in [6.45, 7) is 10.1. The molecule has 0 heterocycles. The highest BCUT2D eigenvalue weighted by Gasteiger charge is 2.36. The quantitative estimate of drug-likeness (QED) is 0.583. The average molecular weight is 218 g/mol. The Labute approximate surface area is 89.7 Å². The van der Waals surface area contributed by atoms with E-state index in [2.05, 4.69) is 20.8 Å². The SMILES string of the molecule is [2H]/C(CO[Si](C)(C)C(C)(C)C)=C(/[2H])C(=O)O. The first-order valence-corrected chi connectivity index (χ1v) is 7.43. The second-order valence-electron chi connectivity index (χ2n) is 4.66. The van der Waals surface area contributed by atoms with Gasteiger partial charge in [0.15, 0.2) is 8.32 Å². The van der Waals surface area contributed by atoms with Crippen LogP contribution >= 0.6 is 0 Å². The van der Waals surface area contributed by atoms with Crippen molar-refractivity contribution in [3.63, 3.8) is 0 Å². The van der Waals surface area contributed by atoms with Gasteiger partial charge in [0, 0.05) is 6.05 Å². The summed E-state index contributed by atoms with van der Waals surface area (Å²) in [6.07, 6.45) is 0. The minimum absolute atomic E-state index is 0.0126. The van der Waals surface area contributed by atoms with Gasteiger partial charge < -0.3 is 9.53 Å². The number of hydrogen-bond acceptors (Lipinski definition) is 2. The Morgan fingerprint density at radius 2 is 2.07 bits per heavy atom. The molecule has 82 valence electrons. The predicted octanol–water partition coefficient (Wildman–Crippen LogP) is 2.65. The van der Waals surface area contributed by atoms with E-state index < -0.39 is 20.3 Å². The lowest BCUT2D eigenvalue weighted by Gasteiger charge is -2.35. The summed E-state index contributed by atoms with van der Waals surface area (Å²) in [5.41, 5.74) is 0. The van der Waals surface area contributed by atoms with Crippen LogP contribution in [0.3, 0.4) is 0 Å². The molecule has 4 heteroatoms. The number of hydrogen-bond donors (Lipinski definition) is 1. The largest absolute Gasteiger partial charge is 0.478 e. The maximum Gasteiger partial charge on any atom is 0.328 e. The molecule has 0 rings (SSSR count). The Kier molecular flexibility index (Phi) is 3.37. The van der Waals surface area contributed by atoms with Gasteiger partial charge in [0.1, 0.15) is 0 Å². The van der Waals surface area contributed by atoms with Crippen LogP contribution in [0.4, 0.5) is 0 Å². The van der Waals surface area contributed by atoms with Crippen LogP contribution in [0.2, 0.25) is 18.1 Å².